The van der Waals surface area contributed by atoms with Crippen LogP contribution in [0.3, 0.4) is 0 Å². The molecular formula is C21H34N2O4S2. The molecule has 29 heavy (non-hydrogen) atoms. The summed E-state index contributed by atoms with van der Waals surface area (Å²) in [6, 6.07) is 0. The van der Waals surface area contributed by atoms with Gasteiger partial charge in [-0.15, -0.1) is 0 Å². The Kier molecular flexibility index (Phi) is 5.46. The number of thiocarbonyl (C=S) groups is 1. The number of fused-ring (bicyclic) bond motifs is 4. The lowest BCUT2D eigenvalue weighted by molar-refractivity contribution is -0.143. The van der Waals surface area contributed by atoms with Crippen molar-refractivity contribution in [2.24, 2.45) is 11.8 Å². The Morgan fingerprint density at radius 2 is 1.52 bits per heavy atom. The van der Waals surface area contributed by atoms with Crippen molar-refractivity contribution in [2.45, 2.75) is 89.4 Å². The molecule has 5 heterocycles. The summed E-state index contributed by atoms with van der Waals surface area (Å²) in [6.07, 6.45) is 4.56. The largest absolute Gasteiger partial charge is 0.345 e. The highest BCUT2D eigenvalue weighted by atomic mass is 32.2. The molecule has 0 amide bonds. The van der Waals surface area contributed by atoms with E-state index in [1.54, 1.807) is 11.8 Å². The second-order valence-electron chi connectivity index (χ2n) is 10.1. The highest BCUT2D eigenvalue weighted by Gasteiger charge is 2.53. The van der Waals surface area contributed by atoms with Gasteiger partial charge in [-0.05, 0) is 39.5 Å². The second-order valence-corrected chi connectivity index (χ2v) is 11.7. The van der Waals surface area contributed by atoms with Gasteiger partial charge >= 0.3 is 0 Å². The summed E-state index contributed by atoms with van der Waals surface area (Å²) >= 11 is 7.44. The van der Waals surface area contributed by atoms with Crippen LogP contribution in [0.1, 0.15) is 53.4 Å². The average molecular weight is 443 g/mol. The molecule has 8 atom stereocenters. The quantitative estimate of drug-likeness (QED) is 0.614. The topological polar surface area (TPSA) is 43.4 Å². The monoisotopic (exact) mass is 442 g/mol. The van der Waals surface area contributed by atoms with E-state index in [0.29, 0.717) is 11.8 Å². The Labute approximate surface area is 183 Å². The van der Waals surface area contributed by atoms with E-state index in [1.807, 2.05) is 0 Å². The average Bonchev–Trinajstić information content (AvgIpc) is 3.11. The van der Waals surface area contributed by atoms with Gasteiger partial charge in [0.2, 0.25) is 0 Å². The first-order valence-electron chi connectivity index (χ1n) is 11.1. The highest BCUT2D eigenvalue weighted by molar-refractivity contribution is 8.22. The first kappa shape index (κ1) is 20.9. The van der Waals surface area contributed by atoms with Gasteiger partial charge in [0.05, 0.1) is 23.7 Å². The first-order chi connectivity index (χ1) is 13.8. The van der Waals surface area contributed by atoms with E-state index >= 15 is 0 Å². The third-order valence-electron chi connectivity index (χ3n) is 7.66. The maximum atomic E-state index is 6.31. The standard InChI is InChI=1S/C21H34N2O4S2/c1-13-5-7-20(3)15(24-17(13)26-20)9-22-11-23(19(28)29-12-22)10-16-21(4)8-6-14(2)18(25-16)27-21/h13-18H,5-12H2,1-4H3. The molecule has 8 unspecified atom stereocenters. The third kappa shape index (κ3) is 3.77. The normalized spacial score (nSPS) is 50.3. The summed E-state index contributed by atoms with van der Waals surface area (Å²) < 4.78 is 26.1. The van der Waals surface area contributed by atoms with Crippen LogP contribution < -0.4 is 0 Å². The van der Waals surface area contributed by atoms with Crippen LogP contribution in [-0.2, 0) is 18.9 Å². The van der Waals surface area contributed by atoms with Crippen molar-refractivity contribution in [2.75, 3.05) is 25.6 Å². The molecule has 0 aromatic carbocycles. The molecule has 0 radical (unpaired) electrons. The highest BCUT2D eigenvalue weighted by Crippen LogP contribution is 2.45. The minimum atomic E-state index is -0.192. The number of nitrogens with zero attached hydrogens (tertiary/aromatic N) is 2. The first-order valence-corrected chi connectivity index (χ1v) is 12.5. The fraction of sp³-hybridized carbons (Fsp3) is 0.952. The van der Waals surface area contributed by atoms with Crippen molar-refractivity contribution >= 4 is 28.3 Å². The molecule has 0 aromatic rings. The molecule has 5 aliphatic heterocycles. The van der Waals surface area contributed by atoms with Gasteiger partial charge in [0.25, 0.3) is 0 Å². The van der Waals surface area contributed by atoms with Crippen molar-refractivity contribution < 1.29 is 18.9 Å². The summed E-state index contributed by atoms with van der Waals surface area (Å²) in [4.78, 5) is 4.74. The van der Waals surface area contributed by atoms with Gasteiger partial charge in [-0.1, -0.05) is 37.8 Å². The zero-order valence-electron chi connectivity index (χ0n) is 18.0. The lowest BCUT2D eigenvalue weighted by Crippen LogP contribution is -2.54. The summed E-state index contributed by atoms with van der Waals surface area (Å²) in [7, 11) is 0. The van der Waals surface area contributed by atoms with Gasteiger partial charge in [-0.3, -0.25) is 4.90 Å². The Morgan fingerprint density at radius 3 is 2.07 bits per heavy atom. The minimum Gasteiger partial charge on any atom is -0.345 e. The smallest absolute Gasteiger partial charge is 0.161 e. The zero-order valence-corrected chi connectivity index (χ0v) is 19.6. The Balaban J connectivity index is 1.22. The van der Waals surface area contributed by atoms with Gasteiger partial charge in [-0.25, -0.2) is 0 Å². The maximum Gasteiger partial charge on any atom is 0.161 e. The van der Waals surface area contributed by atoms with Crippen LogP contribution >= 0.6 is 24.0 Å². The van der Waals surface area contributed by atoms with Crippen LogP contribution in [0.15, 0.2) is 0 Å². The zero-order chi connectivity index (χ0) is 20.4. The molecule has 5 saturated heterocycles. The van der Waals surface area contributed by atoms with Gasteiger partial charge in [0.1, 0.15) is 16.5 Å². The Morgan fingerprint density at radius 1 is 0.966 bits per heavy atom. The van der Waals surface area contributed by atoms with E-state index in [-0.39, 0.29) is 36.0 Å². The lowest BCUT2D eigenvalue weighted by atomic mass is 9.88. The SMILES string of the molecule is CC1CCC2(C)OC1OC2CN1CSC(=S)N(CC2OC3OC2(C)CCC3C)C1. The molecule has 164 valence electrons. The fourth-order valence-electron chi connectivity index (χ4n) is 5.32. The third-order valence-corrected chi connectivity index (χ3v) is 9.27. The molecule has 6 nitrogen and oxygen atoms in total. The number of hydrogen-bond acceptors (Lipinski definition) is 7. The van der Waals surface area contributed by atoms with Crippen molar-refractivity contribution in [1.29, 1.82) is 0 Å². The molecule has 5 fully saturated rings. The number of ether oxygens (including phenoxy) is 4. The van der Waals surface area contributed by atoms with Gasteiger partial charge in [0, 0.05) is 24.9 Å². The molecule has 5 rings (SSSR count). The predicted molar refractivity (Wildman–Crippen MR) is 116 cm³/mol. The molecule has 8 heteroatoms. The van der Waals surface area contributed by atoms with Crippen molar-refractivity contribution in [3.05, 3.63) is 0 Å². The molecule has 0 aromatic heterocycles. The summed E-state index contributed by atoms with van der Waals surface area (Å²) in [5, 5.41) is 0. The van der Waals surface area contributed by atoms with Crippen LogP contribution in [0.4, 0.5) is 0 Å². The maximum absolute atomic E-state index is 6.31. The minimum absolute atomic E-state index is 0.0429. The lowest BCUT2D eigenvalue weighted by Gasteiger charge is -2.41. The van der Waals surface area contributed by atoms with E-state index in [9.17, 15) is 0 Å². The Bertz CT molecular complexity index is 669. The molecule has 0 spiro atoms. The van der Waals surface area contributed by atoms with E-state index in [2.05, 4.69) is 37.5 Å². The second kappa shape index (κ2) is 7.57. The Hall–Kier alpha value is 0.0400. The summed E-state index contributed by atoms with van der Waals surface area (Å²) in [6.45, 7) is 11.4. The number of rotatable bonds is 4. The number of hydrogen-bond donors (Lipinski definition) is 0. The summed E-state index contributed by atoms with van der Waals surface area (Å²) in [5.74, 6) is 1.86. The molecule has 0 saturated carbocycles. The van der Waals surface area contributed by atoms with Crippen LogP contribution in [0.25, 0.3) is 0 Å². The fourth-order valence-corrected chi connectivity index (χ4v) is 6.40. The molecule has 0 N–H and O–H groups in total. The van der Waals surface area contributed by atoms with Crippen molar-refractivity contribution in [1.82, 2.24) is 9.80 Å². The van der Waals surface area contributed by atoms with Gasteiger partial charge < -0.3 is 23.8 Å². The van der Waals surface area contributed by atoms with Crippen molar-refractivity contribution in [3.63, 3.8) is 0 Å². The van der Waals surface area contributed by atoms with Gasteiger partial charge in [-0.2, -0.15) is 0 Å². The van der Waals surface area contributed by atoms with E-state index in [1.165, 1.54) is 12.8 Å². The van der Waals surface area contributed by atoms with Crippen molar-refractivity contribution in [3.8, 4) is 0 Å². The van der Waals surface area contributed by atoms with E-state index in [4.69, 9.17) is 31.2 Å². The molecular weight excluding hydrogens is 408 g/mol. The predicted octanol–water partition coefficient (Wildman–Crippen LogP) is 3.40. The molecule has 5 aliphatic rings. The van der Waals surface area contributed by atoms with Gasteiger partial charge in [0.15, 0.2) is 12.6 Å². The van der Waals surface area contributed by atoms with Crippen LogP contribution in [0.5, 0.6) is 0 Å². The van der Waals surface area contributed by atoms with Crippen LogP contribution in [0.2, 0.25) is 0 Å². The van der Waals surface area contributed by atoms with E-state index in [0.717, 1.165) is 42.8 Å². The molecule has 0 aliphatic carbocycles. The van der Waals surface area contributed by atoms with E-state index < -0.39 is 0 Å². The number of thioether (sulfide) groups is 1. The summed E-state index contributed by atoms with van der Waals surface area (Å²) in [5.41, 5.74) is -0.351. The van der Waals surface area contributed by atoms with Crippen LogP contribution in [0, 0.1) is 11.8 Å². The van der Waals surface area contributed by atoms with Crippen LogP contribution in [-0.4, -0.2) is 75.7 Å². The molecule has 4 bridgehead atoms.